The summed E-state index contributed by atoms with van der Waals surface area (Å²) in [6, 6.07) is 5.73. The average molecular weight is 275 g/mol. The van der Waals surface area contributed by atoms with Gasteiger partial charge in [0.25, 0.3) is 0 Å². The van der Waals surface area contributed by atoms with Crippen molar-refractivity contribution >= 4 is 5.97 Å². The third-order valence-electron chi connectivity index (χ3n) is 3.25. The highest BCUT2D eigenvalue weighted by molar-refractivity contribution is 5.92. The topological polar surface area (TPSA) is 88.2 Å². The Hall–Kier alpha value is -2.21. The van der Waals surface area contributed by atoms with E-state index in [0.29, 0.717) is 18.7 Å². The van der Waals surface area contributed by atoms with Crippen molar-refractivity contribution in [2.24, 2.45) is 0 Å². The van der Waals surface area contributed by atoms with Gasteiger partial charge in [-0.05, 0) is 37.5 Å². The van der Waals surface area contributed by atoms with Gasteiger partial charge < -0.3 is 10.2 Å². The number of aromatic carboxylic acids is 1. The fourth-order valence-corrected chi connectivity index (χ4v) is 2.01. The lowest BCUT2D eigenvalue weighted by Crippen LogP contribution is -2.06. The van der Waals surface area contributed by atoms with Crippen LogP contribution in [0.3, 0.4) is 0 Å². The van der Waals surface area contributed by atoms with Gasteiger partial charge >= 0.3 is 5.97 Å². The van der Waals surface area contributed by atoms with E-state index in [-0.39, 0.29) is 12.3 Å². The number of aromatic nitrogens is 3. The number of benzene rings is 1. The predicted octanol–water partition coefficient (Wildman–Crippen LogP) is 1.64. The number of nitrogens with zero attached hydrogens (tertiary/aromatic N) is 3. The Morgan fingerprint density at radius 3 is 2.65 bits per heavy atom. The molecule has 106 valence electrons. The predicted molar refractivity (Wildman–Crippen MR) is 73.6 cm³/mol. The minimum atomic E-state index is -1.10. The minimum Gasteiger partial charge on any atom is -0.476 e. The largest absolute Gasteiger partial charge is 0.476 e. The number of aliphatic hydroxyl groups is 1. The summed E-state index contributed by atoms with van der Waals surface area (Å²) in [5, 5.41) is 25.7. The normalized spacial score (nSPS) is 10.8. The molecule has 1 aromatic carbocycles. The summed E-state index contributed by atoms with van der Waals surface area (Å²) >= 11 is 0. The number of carbonyl (C=O) groups is 1. The summed E-state index contributed by atoms with van der Waals surface area (Å²) in [6.07, 6.45) is 0.500. The van der Waals surface area contributed by atoms with Crippen LogP contribution >= 0.6 is 0 Å². The molecule has 0 spiro atoms. The molecule has 2 N–H and O–H groups in total. The summed E-state index contributed by atoms with van der Waals surface area (Å²) in [5.41, 5.74) is 3.41. The molecule has 0 saturated heterocycles. The van der Waals surface area contributed by atoms with Gasteiger partial charge in [-0.3, -0.25) is 0 Å². The molecular formula is C14H17N3O3. The van der Waals surface area contributed by atoms with Crippen molar-refractivity contribution in [1.82, 2.24) is 15.0 Å². The lowest BCUT2D eigenvalue weighted by atomic mass is 10.0. The van der Waals surface area contributed by atoms with Crippen LogP contribution in [-0.2, 0) is 6.54 Å². The number of hydrogen-bond donors (Lipinski definition) is 2. The Labute approximate surface area is 116 Å². The van der Waals surface area contributed by atoms with E-state index in [1.54, 1.807) is 0 Å². The molecule has 0 radical (unpaired) electrons. The lowest BCUT2D eigenvalue weighted by Gasteiger charge is -2.08. The van der Waals surface area contributed by atoms with Crippen LogP contribution in [0.4, 0.5) is 0 Å². The van der Waals surface area contributed by atoms with Crippen molar-refractivity contribution in [2.45, 2.75) is 26.8 Å². The summed E-state index contributed by atoms with van der Waals surface area (Å²) < 4.78 is 1.53. The first-order valence-corrected chi connectivity index (χ1v) is 6.40. The van der Waals surface area contributed by atoms with Crippen LogP contribution in [0.25, 0.3) is 11.3 Å². The zero-order valence-corrected chi connectivity index (χ0v) is 11.5. The Morgan fingerprint density at radius 2 is 2.05 bits per heavy atom. The molecule has 0 bridgehead atoms. The average Bonchev–Trinajstić information content (AvgIpc) is 2.83. The number of hydrogen-bond acceptors (Lipinski definition) is 4. The molecular weight excluding hydrogens is 258 g/mol. The van der Waals surface area contributed by atoms with Crippen molar-refractivity contribution in [3.63, 3.8) is 0 Å². The van der Waals surface area contributed by atoms with E-state index in [4.69, 9.17) is 5.11 Å². The minimum absolute atomic E-state index is 0.0225. The molecule has 0 unspecified atom stereocenters. The van der Waals surface area contributed by atoms with Crippen LogP contribution in [0, 0.1) is 13.8 Å². The lowest BCUT2D eigenvalue weighted by molar-refractivity contribution is 0.0691. The zero-order valence-electron chi connectivity index (χ0n) is 11.5. The van der Waals surface area contributed by atoms with Crippen molar-refractivity contribution in [3.05, 3.63) is 35.0 Å². The third kappa shape index (κ3) is 2.70. The molecule has 1 aromatic heterocycles. The van der Waals surface area contributed by atoms with Crippen LogP contribution in [0.2, 0.25) is 0 Å². The Morgan fingerprint density at radius 1 is 1.30 bits per heavy atom. The fraction of sp³-hybridized carbons (Fsp3) is 0.357. The van der Waals surface area contributed by atoms with Gasteiger partial charge in [-0.25, -0.2) is 9.48 Å². The number of aryl methyl sites for hydroxylation is 3. The molecule has 0 atom stereocenters. The summed E-state index contributed by atoms with van der Waals surface area (Å²) in [5.74, 6) is -1.10. The molecule has 6 nitrogen and oxygen atoms in total. The standard InChI is InChI=1S/C14H17N3O3/c1-9-4-5-11(8-10(9)2)13-12(14(19)20)15-16-17(13)6-3-7-18/h4-5,8,18H,3,6-7H2,1-2H3,(H,19,20). The fourth-order valence-electron chi connectivity index (χ4n) is 2.01. The Bertz CT molecular complexity index is 635. The second-order valence-corrected chi connectivity index (χ2v) is 4.69. The van der Waals surface area contributed by atoms with Crippen LogP contribution in [0.1, 0.15) is 28.0 Å². The molecule has 1 heterocycles. The maximum atomic E-state index is 11.3. The second-order valence-electron chi connectivity index (χ2n) is 4.69. The van der Waals surface area contributed by atoms with Gasteiger partial charge in [-0.1, -0.05) is 17.3 Å². The van der Waals surface area contributed by atoms with Gasteiger partial charge in [-0.2, -0.15) is 0 Å². The smallest absolute Gasteiger partial charge is 0.358 e. The maximum Gasteiger partial charge on any atom is 0.358 e. The molecule has 0 saturated carbocycles. The first kappa shape index (κ1) is 14.2. The number of carboxylic acids is 1. The molecule has 2 aromatic rings. The summed E-state index contributed by atoms with van der Waals surface area (Å²) in [7, 11) is 0. The number of aliphatic hydroxyl groups excluding tert-OH is 1. The number of rotatable bonds is 5. The first-order valence-electron chi connectivity index (χ1n) is 6.40. The van der Waals surface area contributed by atoms with E-state index in [1.165, 1.54) is 4.68 Å². The molecule has 20 heavy (non-hydrogen) atoms. The summed E-state index contributed by atoms with van der Waals surface area (Å²) in [4.78, 5) is 11.3. The van der Waals surface area contributed by atoms with E-state index in [9.17, 15) is 9.90 Å². The maximum absolute atomic E-state index is 11.3. The van der Waals surface area contributed by atoms with Crippen molar-refractivity contribution in [3.8, 4) is 11.3 Å². The molecule has 0 aliphatic heterocycles. The highest BCUT2D eigenvalue weighted by atomic mass is 16.4. The Kier molecular flexibility index (Phi) is 4.14. The van der Waals surface area contributed by atoms with Crippen molar-refractivity contribution in [2.75, 3.05) is 6.61 Å². The van der Waals surface area contributed by atoms with Crippen molar-refractivity contribution in [1.29, 1.82) is 0 Å². The van der Waals surface area contributed by atoms with Gasteiger partial charge in [0.2, 0.25) is 0 Å². The van der Waals surface area contributed by atoms with Gasteiger partial charge in [0.1, 0.15) is 5.69 Å². The van der Waals surface area contributed by atoms with E-state index in [2.05, 4.69) is 10.3 Å². The highest BCUT2D eigenvalue weighted by Gasteiger charge is 2.20. The van der Waals surface area contributed by atoms with Gasteiger partial charge in [-0.15, -0.1) is 5.10 Å². The SMILES string of the molecule is Cc1ccc(-c2c(C(=O)O)nnn2CCCO)cc1C. The first-order chi connectivity index (χ1) is 9.54. The highest BCUT2D eigenvalue weighted by Crippen LogP contribution is 2.25. The monoisotopic (exact) mass is 275 g/mol. The van der Waals surface area contributed by atoms with E-state index < -0.39 is 5.97 Å². The van der Waals surface area contributed by atoms with Gasteiger partial charge in [0, 0.05) is 18.7 Å². The molecule has 0 fully saturated rings. The van der Waals surface area contributed by atoms with Crippen LogP contribution in [-0.4, -0.2) is 37.8 Å². The van der Waals surface area contributed by atoms with E-state index in [0.717, 1.165) is 16.7 Å². The Balaban J connectivity index is 2.53. The molecule has 6 heteroatoms. The van der Waals surface area contributed by atoms with Crippen LogP contribution in [0.15, 0.2) is 18.2 Å². The van der Waals surface area contributed by atoms with E-state index >= 15 is 0 Å². The molecule has 2 rings (SSSR count). The van der Waals surface area contributed by atoms with E-state index in [1.807, 2.05) is 32.0 Å². The van der Waals surface area contributed by atoms with Gasteiger partial charge in [0.15, 0.2) is 5.69 Å². The van der Waals surface area contributed by atoms with Crippen LogP contribution in [0.5, 0.6) is 0 Å². The third-order valence-corrected chi connectivity index (χ3v) is 3.25. The summed E-state index contributed by atoms with van der Waals surface area (Å²) in [6.45, 7) is 4.42. The molecule has 0 aliphatic carbocycles. The van der Waals surface area contributed by atoms with Crippen molar-refractivity contribution < 1.29 is 15.0 Å². The molecule has 0 amide bonds. The second kappa shape index (κ2) is 5.83. The number of carboxylic acid groups (broad SMARTS) is 1. The van der Waals surface area contributed by atoms with Gasteiger partial charge in [0.05, 0.1) is 0 Å². The quantitative estimate of drug-likeness (QED) is 0.866. The molecule has 0 aliphatic rings. The van der Waals surface area contributed by atoms with Crippen LogP contribution < -0.4 is 0 Å². The zero-order chi connectivity index (χ0) is 14.7.